The Morgan fingerprint density at radius 1 is 1.04 bits per heavy atom. The van der Waals surface area contributed by atoms with Gasteiger partial charge in [-0.05, 0) is 62.3 Å². The number of carbonyl (C=O) groups excluding carboxylic acids is 1. The highest BCUT2D eigenvalue weighted by Gasteiger charge is 2.29. The first kappa shape index (κ1) is 17.9. The van der Waals surface area contributed by atoms with Crippen molar-refractivity contribution in [1.82, 2.24) is 9.80 Å². The van der Waals surface area contributed by atoms with Crippen LogP contribution in [-0.2, 0) is 0 Å². The van der Waals surface area contributed by atoms with Gasteiger partial charge in [-0.1, -0.05) is 6.92 Å². The molecule has 25 heavy (non-hydrogen) atoms. The molecule has 1 aromatic carbocycles. The summed E-state index contributed by atoms with van der Waals surface area (Å²) in [7, 11) is 0. The van der Waals surface area contributed by atoms with Gasteiger partial charge in [-0.25, -0.2) is 4.79 Å². The van der Waals surface area contributed by atoms with E-state index in [1.165, 1.54) is 31.7 Å². The minimum atomic E-state index is -0.961. The maximum atomic E-state index is 12.8. The average molecular weight is 344 g/mol. The monoisotopic (exact) mass is 344 g/mol. The van der Waals surface area contributed by atoms with Gasteiger partial charge in [-0.15, -0.1) is 0 Å². The zero-order valence-electron chi connectivity index (χ0n) is 15.2. The number of aryl methyl sites for hydroxylation is 1. The maximum absolute atomic E-state index is 12.8. The molecule has 1 saturated heterocycles. The van der Waals surface area contributed by atoms with Gasteiger partial charge in [0.1, 0.15) is 0 Å². The molecule has 5 nitrogen and oxygen atoms in total. The Morgan fingerprint density at radius 2 is 1.68 bits per heavy atom. The Kier molecular flexibility index (Phi) is 5.42. The van der Waals surface area contributed by atoms with Gasteiger partial charge in [0.2, 0.25) is 0 Å². The van der Waals surface area contributed by atoms with E-state index < -0.39 is 5.97 Å². The quantitative estimate of drug-likeness (QED) is 0.915. The van der Waals surface area contributed by atoms with E-state index in [1.54, 1.807) is 19.1 Å². The van der Waals surface area contributed by atoms with E-state index >= 15 is 0 Å². The van der Waals surface area contributed by atoms with Crippen molar-refractivity contribution < 1.29 is 14.7 Å². The fourth-order valence-corrected chi connectivity index (χ4v) is 4.10. The fourth-order valence-electron chi connectivity index (χ4n) is 4.10. The third-order valence-corrected chi connectivity index (χ3v) is 5.81. The zero-order chi connectivity index (χ0) is 18.0. The number of hydrogen-bond donors (Lipinski definition) is 1. The summed E-state index contributed by atoms with van der Waals surface area (Å²) in [6, 6.07) is 5.43. The largest absolute Gasteiger partial charge is 0.478 e. The van der Waals surface area contributed by atoms with E-state index in [0.717, 1.165) is 37.7 Å². The topological polar surface area (TPSA) is 60.9 Å². The number of nitrogens with zero attached hydrogens (tertiary/aromatic N) is 2. The smallest absolute Gasteiger partial charge is 0.335 e. The normalized spacial score (nSPS) is 25.0. The third kappa shape index (κ3) is 4.03. The van der Waals surface area contributed by atoms with Gasteiger partial charge in [-0.2, -0.15) is 0 Å². The second kappa shape index (κ2) is 7.56. The predicted octanol–water partition coefficient (Wildman–Crippen LogP) is 3.03. The van der Waals surface area contributed by atoms with Crippen LogP contribution < -0.4 is 0 Å². The molecule has 136 valence electrons. The van der Waals surface area contributed by atoms with Crippen LogP contribution in [0.15, 0.2) is 18.2 Å². The van der Waals surface area contributed by atoms with E-state index in [-0.39, 0.29) is 11.5 Å². The van der Waals surface area contributed by atoms with Crippen LogP contribution >= 0.6 is 0 Å². The average Bonchev–Trinajstić information content (AvgIpc) is 2.62. The van der Waals surface area contributed by atoms with Crippen molar-refractivity contribution in [2.45, 2.75) is 45.6 Å². The molecule has 0 atom stereocenters. The summed E-state index contributed by atoms with van der Waals surface area (Å²) in [6.07, 6.45) is 5.20. The van der Waals surface area contributed by atoms with Crippen molar-refractivity contribution in [2.24, 2.45) is 5.92 Å². The predicted molar refractivity (Wildman–Crippen MR) is 97.0 cm³/mol. The Labute approximate surface area is 149 Å². The molecule has 0 aromatic heterocycles. The number of rotatable bonds is 3. The lowest BCUT2D eigenvalue weighted by Crippen LogP contribution is -2.52. The SMILES string of the molecule is Cc1cc(C(=O)O)ccc1C(=O)N1CCN(C2CCC(C)CC2)CC1. The summed E-state index contributed by atoms with van der Waals surface area (Å²) in [6.45, 7) is 7.54. The van der Waals surface area contributed by atoms with Crippen LogP contribution in [0.5, 0.6) is 0 Å². The lowest BCUT2D eigenvalue weighted by molar-refractivity contribution is 0.0500. The molecule has 5 heteroatoms. The van der Waals surface area contributed by atoms with Gasteiger partial charge in [0.15, 0.2) is 0 Å². The number of aromatic carboxylic acids is 1. The molecule has 2 aliphatic rings. The number of carboxylic acid groups (broad SMARTS) is 1. The standard InChI is InChI=1S/C20H28N2O3/c1-14-3-6-17(7-4-14)21-9-11-22(12-10-21)19(23)18-8-5-16(20(24)25)13-15(18)2/h5,8,13-14,17H,3-4,6-7,9-12H2,1-2H3,(H,24,25). The molecule has 0 radical (unpaired) electrons. The van der Waals surface area contributed by atoms with Crippen LogP contribution in [0.1, 0.15) is 58.9 Å². The fraction of sp³-hybridized carbons (Fsp3) is 0.600. The first-order valence-electron chi connectivity index (χ1n) is 9.33. The number of benzene rings is 1. The molecular weight excluding hydrogens is 316 g/mol. The second-order valence-corrected chi connectivity index (χ2v) is 7.58. The van der Waals surface area contributed by atoms with E-state index in [4.69, 9.17) is 5.11 Å². The lowest BCUT2D eigenvalue weighted by atomic mass is 9.86. The van der Waals surface area contributed by atoms with Crippen LogP contribution in [0.25, 0.3) is 0 Å². The highest BCUT2D eigenvalue weighted by atomic mass is 16.4. The molecule has 1 heterocycles. The van der Waals surface area contributed by atoms with Crippen molar-refractivity contribution in [3.8, 4) is 0 Å². The molecule has 1 amide bonds. The number of piperazine rings is 1. The second-order valence-electron chi connectivity index (χ2n) is 7.58. The lowest BCUT2D eigenvalue weighted by Gasteiger charge is -2.41. The molecular formula is C20H28N2O3. The first-order valence-corrected chi connectivity index (χ1v) is 9.33. The van der Waals surface area contributed by atoms with Gasteiger partial charge in [-0.3, -0.25) is 9.69 Å². The molecule has 1 aliphatic heterocycles. The summed E-state index contributed by atoms with van der Waals surface area (Å²) in [5.41, 5.74) is 1.57. The molecule has 1 aromatic rings. The summed E-state index contributed by atoms with van der Waals surface area (Å²) in [5.74, 6) is -0.0836. The Morgan fingerprint density at radius 3 is 2.24 bits per heavy atom. The molecule has 1 N–H and O–H groups in total. The molecule has 0 spiro atoms. The summed E-state index contributed by atoms with van der Waals surface area (Å²) in [5, 5.41) is 9.06. The molecule has 2 fully saturated rings. The van der Waals surface area contributed by atoms with Crippen LogP contribution in [0.2, 0.25) is 0 Å². The van der Waals surface area contributed by atoms with Crippen LogP contribution in [0.4, 0.5) is 0 Å². The van der Waals surface area contributed by atoms with Crippen LogP contribution in [0, 0.1) is 12.8 Å². The van der Waals surface area contributed by atoms with E-state index in [9.17, 15) is 9.59 Å². The van der Waals surface area contributed by atoms with E-state index in [2.05, 4.69) is 11.8 Å². The Bertz CT molecular complexity index is 642. The van der Waals surface area contributed by atoms with Crippen molar-refractivity contribution in [2.75, 3.05) is 26.2 Å². The number of amides is 1. The number of hydrogen-bond acceptors (Lipinski definition) is 3. The van der Waals surface area contributed by atoms with Gasteiger partial charge in [0, 0.05) is 37.8 Å². The molecule has 3 rings (SSSR count). The minimum absolute atomic E-state index is 0.0198. The van der Waals surface area contributed by atoms with Gasteiger partial charge in [0.25, 0.3) is 5.91 Å². The third-order valence-electron chi connectivity index (χ3n) is 5.81. The van der Waals surface area contributed by atoms with E-state index in [1.807, 2.05) is 4.90 Å². The molecule has 0 unspecified atom stereocenters. The summed E-state index contributed by atoms with van der Waals surface area (Å²) in [4.78, 5) is 28.3. The Hall–Kier alpha value is -1.88. The molecule has 1 saturated carbocycles. The molecule has 1 aliphatic carbocycles. The first-order chi connectivity index (χ1) is 12.0. The van der Waals surface area contributed by atoms with Crippen LogP contribution in [-0.4, -0.2) is 59.0 Å². The highest BCUT2D eigenvalue weighted by Crippen LogP contribution is 2.28. The van der Waals surface area contributed by atoms with Crippen molar-refractivity contribution in [3.05, 3.63) is 34.9 Å². The van der Waals surface area contributed by atoms with Gasteiger partial charge < -0.3 is 10.0 Å². The number of carbonyl (C=O) groups is 2. The molecule has 0 bridgehead atoms. The van der Waals surface area contributed by atoms with Crippen molar-refractivity contribution >= 4 is 11.9 Å². The Balaban J connectivity index is 1.59. The van der Waals surface area contributed by atoms with Crippen molar-refractivity contribution in [3.63, 3.8) is 0 Å². The number of carboxylic acids is 1. The van der Waals surface area contributed by atoms with Gasteiger partial charge in [0.05, 0.1) is 5.56 Å². The van der Waals surface area contributed by atoms with Gasteiger partial charge >= 0.3 is 5.97 Å². The highest BCUT2D eigenvalue weighted by molar-refractivity contribution is 5.97. The van der Waals surface area contributed by atoms with E-state index in [0.29, 0.717) is 11.6 Å². The zero-order valence-corrected chi connectivity index (χ0v) is 15.2. The maximum Gasteiger partial charge on any atom is 0.335 e. The van der Waals surface area contributed by atoms with Crippen molar-refractivity contribution in [1.29, 1.82) is 0 Å². The van der Waals surface area contributed by atoms with Crippen LogP contribution in [0.3, 0.4) is 0 Å². The summed E-state index contributed by atoms with van der Waals surface area (Å²) >= 11 is 0. The minimum Gasteiger partial charge on any atom is -0.478 e. The summed E-state index contributed by atoms with van der Waals surface area (Å²) < 4.78 is 0.